The minimum Gasteiger partial charge on any atom is -0.396 e. The van der Waals surface area contributed by atoms with Crippen molar-refractivity contribution in [3.63, 3.8) is 0 Å². The van der Waals surface area contributed by atoms with Gasteiger partial charge in [-0.3, -0.25) is 4.90 Å². The maximum atomic E-state index is 6.02. The highest BCUT2D eigenvalue weighted by Gasteiger charge is 2.20. The lowest BCUT2D eigenvalue weighted by molar-refractivity contribution is 0.102. The van der Waals surface area contributed by atoms with E-state index in [9.17, 15) is 0 Å². The average molecular weight is 303 g/mol. The molecule has 1 aromatic rings. The molecule has 0 atom stereocenters. The molecule has 0 radical (unpaired) electrons. The molecule has 1 aliphatic rings. The lowest BCUT2D eigenvalue weighted by Gasteiger charge is -2.17. The fraction of sp³-hybridized carbons (Fsp3) is 0.571. The Hall–Kier alpha value is -0.480. The Morgan fingerprint density at radius 1 is 1.32 bits per heavy atom. The third-order valence-corrected chi connectivity index (χ3v) is 3.88. The topological polar surface area (TPSA) is 38.5 Å². The Labute approximate surface area is 124 Å². The van der Waals surface area contributed by atoms with Crippen molar-refractivity contribution >= 4 is 28.9 Å². The van der Waals surface area contributed by atoms with Gasteiger partial charge in [-0.1, -0.05) is 23.2 Å². The van der Waals surface area contributed by atoms with Crippen molar-refractivity contribution in [2.75, 3.05) is 32.5 Å². The first-order valence-electron chi connectivity index (χ1n) is 6.56. The number of nitrogens with zero attached hydrogens (tertiary/aromatic N) is 1. The number of nitrogens with two attached hydrogens (primary N) is 1. The highest BCUT2D eigenvalue weighted by molar-refractivity contribution is 6.38. The summed E-state index contributed by atoms with van der Waals surface area (Å²) >= 11 is 12.0. The zero-order chi connectivity index (χ0) is 13.8. The van der Waals surface area contributed by atoms with Gasteiger partial charge in [-0.2, -0.15) is 0 Å². The summed E-state index contributed by atoms with van der Waals surface area (Å²) in [5.41, 5.74) is 7.23. The monoisotopic (exact) mass is 302 g/mol. The highest BCUT2D eigenvalue weighted by Crippen LogP contribution is 2.29. The molecule has 0 unspecified atom stereocenters. The Morgan fingerprint density at radius 2 is 1.95 bits per heavy atom. The minimum absolute atomic E-state index is 0.447. The second-order valence-corrected chi connectivity index (χ2v) is 6.04. The lowest BCUT2D eigenvalue weighted by Crippen LogP contribution is -2.23. The molecule has 5 heteroatoms. The van der Waals surface area contributed by atoms with E-state index in [4.69, 9.17) is 33.7 Å². The lowest BCUT2D eigenvalue weighted by atomic mass is 10.2. The van der Waals surface area contributed by atoms with Crippen LogP contribution < -0.4 is 5.73 Å². The van der Waals surface area contributed by atoms with E-state index in [1.54, 1.807) is 0 Å². The number of anilines is 1. The molecule has 1 saturated carbocycles. The van der Waals surface area contributed by atoms with E-state index in [1.165, 1.54) is 12.8 Å². The molecular weight excluding hydrogens is 283 g/mol. The third kappa shape index (κ3) is 4.84. The quantitative estimate of drug-likeness (QED) is 0.619. The summed E-state index contributed by atoms with van der Waals surface area (Å²) in [7, 11) is 2.05. The molecule has 106 valence electrons. The smallest absolute Gasteiger partial charge is 0.0693 e. The molecule has 19 heavy (non-hydrogen) atoms. The number of ether oxygens (including phenoxy) is 1. The summed E-state index contributed by atoms with van der Waals surface area (Å²) < 4.78 is 5.62. The van der Waals surface area contributed by atoms with Gasteiger partial charge in [0.25, 0.3) is 0 Å². The van der Waals surface area contributed by atoms with Gasteiger partial charge in [0, 0.05) is 19.7 Å². The molecule has 0 amide bonds. The molecule has 1 aromatic carbocycles. The van der Waals surface area contributed by atoms with E-state index < -0.39 is 0 Å². The minimum atomic E-state index is 0.447. The van der Waals surface area contributed by atoms with E-state index in [-0.39, 0.29) is 0 Å². The van der Waals surface area contributed by atoms with Crippen LogP contribution >= 0.6 is 23.2 Å². The van der Waals surface area contributed by atoms with Gasteiger partial charge in [-0.05, 0) is 43.5 Å². The second-order valence-electron chi connectivity index (χ2n) is 5.23. The van der Waals surface area contributed by atoms with Crippen LogP contribution in [-0.2, 0) is 11.3 Å². The van der Waals surface area contributed by atoms with E-state index in [2.05, 4.69) is 11.9 Å². The molecule has 2 N–H and O–H groups in total. The van der Waals surface area contributed by atoms with E-state index in [0.717, 1.165) is 37.8 Å². The van der Waals surface area contributed by atoms with E-state index in [1.807, 2.05) is 12.1 Å². The van der Waals surface area contributed by atoms with Crippen LogP contribution in [0.4, 0.5) is 5.69 Å². The van der Waals surface area contributed by atoms with Crippen molar-refractivity contribution in [2.45, 2.75) is 19.4 Å². The number of halogens is 2. The SMILES string of the molecule is CN(CCOCC1CC1)Cc1cc(Cl)c(N)c(Cl)c1. The van der Waals surface area contributed by atoms with E-state index in [0.29, 0.717) is 15.7 Å². The largest absolute Gasteiger partial charge is 0.396 e. The second kappa shape index (κ2) is 6.80. The van der Waals surface area contributed by atoms with Gasteiger partial charge in [0.05, 0.1) is 22.3 Å². The van der Waals surface area contributed by atoms with Crippen LogP contribution in [0.1, 0.15) is 18.4 Å². The van der Waals surface area contributed by atoms with Crippen molar-refractivity contribution in [3.05, 3.63) is 27.7 Å². The number of nitrogen functional groups attached to an aromatic ring is 1. The number of benzene rings is 1. The fourth-order valence-corrected chi connectivity index (χ4v) is 2.41. The van der Waals surface area contributed by atoms with Gasteiger partial charge in [0.15, 0.2) is 0 Å². The van der Waals surface area contributed by atoms with Crippen LogP contribution in [0.15, 0.2) is 12.1 Å². The summed E-state index contributed by atoms with van der Waals surface area (Å²) in [6, 6.07) is 3.73. The first-order valence-corrected chi connectivity index (χ1v) is 7.31. The molecule has 0 aromatic heterocycles. The van der Waals surface area contributed by atoms with Crippen molar-refractivity contribution in [1.82, 2.24) is 4.90 Å². The third-order valence-electron chi connectivity index (χ3n) is 3.26. The summed E-state index contributed by atoms with van der Waals surface area (Å²) in [4.78, 5) is 2.19. The molecule has 0 heterocycles. The number of hydrogen-bond acceptors (Lipinski definition) is 3. The first-order chi connectivity index (χ1) is 9.06. The summed E-state index contributed by atoms with van der Waals surface area (Å²) in [5, 5.41) is 1.03. The Bertz CT molecular complexity index is 412. The van der Waals surface area contributed by atoms with Gasteiger partial charge < -0.3 is 10.5 Å². The van der Waals surface area contributed by atoms with Crippen molar-refractivity contribution in [3.8, 4) is 0 Å². The summed E-state index contributed by atoms with van der Waals surface area (Å²) in [5.74, 6) is 0.819. The average Bonchev–Trinajstić information content (AvgIpc) is 3.15. The van der Waals surface area contributed by atoms with Gasteiger partial charge in [0.2, 0.25) is 0 Å². The molecular formula is C14H20Cl2N2O. The van der Waals surface area contributed by atoms with Gasteiger partial charge in [0.1, 0.15) is 0 Å². The normalized spacial score (nSPS) is 15.2. The van der Waals surface area contributed by atoms with Crippen LogP contribution in [0.3, 0.4) is 0 Å². The zero-order valence-electron chi connectivity index (χ0n) is 11.2. The Morgan fingerprint density at radius 3 is 2.53 bits per heavy atom. The molecule has 0 bridgehead atoms. The Balaban J connectivity index is 1.75. The highest BCUT2D eigenvalue weighted by atomic mass is 35.5. The van der Waals surface area contributed by atoms with Crippen LogP contribution in [-0.4, -0.2) is 31.7 Å². The summed E-state index contributed by atoms with van der Waals surface area (Å²) in [6.07, 6.45) is 2.66. The molecule has 1 aliphatic carbocycles. The van der Waals surface area contributed by atoms with Crippen molar-refractivity contribution in [2.24, 2.45) is 5.92 Å². The molecule has 0 saturated heterocycles. The van der Waals surface area contributed by atoms with Gasteiger partial charge in [-0.25, -0.2) is 0 Å². The molecule has 3 nitrogen and oxygen atoms in total. The molecule has 0 aliphatic heterocycles. The maximum Gasteiger partial charge on any atom is 0.0693 e. The molecule has 1 fully saturated rings. The Kier molecular flexibility index (Phi) is 5.34. The fourth-order valence-electron chi connectivity index (χ4n) is 1.87. The van der Waals surface area contributed by atoms with Crippen LogP contribution in [0.5, 0.6) is 0 Å². The first kappa shape index (κ1) is 14.9. The van der Waals surface area contributed by atoms with Gasteiger partial charge >= 0.3 is 0 Å². The number of hydrogen-bond donors (Lipinski definition) is 1. The van der Waals surface area contributed by atoms with E-state index >= 15 is 0 Å². The standard InChI is InChI=1S/C14H20Cl2N2O/c1-18(4-5-19-9-10-2-3-10)8-11-6-12(15)14(17)13(16)7-11/h6-7,10H,2-5,8-9,17H2,1H3. The zero-order valence-corrected chi connectivity index (χ0v) is 12.7. The maximum absolute atomic E-state index is 6.02. The van der Waals surface area contributed by atoms with Gasteiger partial charge in [-0.15, -0.1) is 0 Å². The predicted octanol–water partition coefficient (Wildman–Crippen LogP) is 3.43. The van der Waals surface area contributed by atoms with Crippen molar-refractivity contribution < 1.29 is 4.74 Å². The number of rotatable bonds is 7. The van der Waals surface area contributed by atoms with Crippen LogP contribution in [0.2, 0.25) is 10.0 Å². The predicted molar refractivity (Wildman–Crippen MR) is 80.8 cm³/mol. The summed E-state index contributed by atoms with van der Waals surface area (Å²) in [6.45, 7) is 3.36. The van der Waals surface area contributed by atoms with Crippen LogP contribution in [0, 0.1) is 5.92 Å². The molecule has 0 spiro atoms. The van der Waals surface area contributed by atoms with Crippen molar-refractivity contribution in [1.29, 1.82) is 0 Å². The number of likely N-dealkylation sites (N-methyl/N-ethyl adjacent to an activating group) is 1. The van der Waals surface area contributed by atoms with Crippen LogP contribution in [0.25, 0.3) is 0 Å². The molecule has 2 rings (SSSR count).